The molecule has 2 aromatic heterocycles. The molecular weight excluding hydrogens is 1180 g/mol. The number of aromatic nitrogens is 2. The molecule has 0 aliphatic rings. The maximum atomic E-state index is 13.4. The molecule has 404 valence electrons. The third-order valence-electron chi connectivity index (χ3n) is 9.37. The number of anilines is 3. The second kappa shape index (κ2) is 25.9. The van der Waals surface area contributed by atoms with Gasteiger partial charge in [0.15, 0.2) is 0 Å². The number of carbonyl (C=O) groups is 3. The van der Waals surface area contributed by atoms with Crippen molar-refractivity contribution in [3.05, 3.63) is 167 Å². The van der Waals surface area contributed by atoms with Gasteiger partial charge in [-0.3, -0.25) is 23.8 Å². The van der Waals surface area contributed by atoms with E-state index in [9.17, 15) is 62.4 Å². The van der Waals surface area contributed by atoms with E-state index in [4.69, 9.17) is 75.3 Å². The number of nitrogen functional groups attached to an aromatic ring is 1. The molecule has 0 aliphatic carbocycles. The van der Waals surface area contributed by atoms with E-state index in [1.807, 2.05) is 18.6 Å². The van der Waals surface area contributed by atoms with Crippen molar-refractivity contribution >= 4 is 130 Å². The summed E-state index contributed by atoms with van der Waals surface area (Å²) in [5.41, 5.74) is 1.93. The summed E-state index contributed by atoms with van der Waals surface area (Å²) >= 11 is 35.2. The van der Waals surface area contributed by atoms with Crippen LogP contribution in [0.5, 0.6) is 0 Å². The lowest BCUT2D eigenvalue weighted by Crippen LogP contribution is -2.31. The SMILES string of the molecule is CC(C)N=C=O.CC(C)NC(=O)Cc1ccc(Cl)c(C(=O)c2ncc(Cl)cc2NS(=O)(=O)c2ccc(Cl)c(C(F)(F)F)c2)c1.Nc1ccc(Cl)c(C(=O)c2ncc(Cl)cc2NS(=O)(=O)c2ccc(Cl)c(C(F)(F)F)c2)c1. The van der Waals surface area contributed by atoms with Crippen molar-refractivity contribution in [2.75, 3.05) is 15.2 Å². The first-order chi connectivity index (χ1) is 35.1. The maximum absolute atomic E-state index is 13.4. The first-order valence-electron chi connectivity index (χ1n) is 21.0. The molecule has 0 saturated carbocycles. The first kappa shape index (κ1) is 62.5. The lowest BCUT2D eigenvalue weighted by molar-refractivity contribution is -0.138. The molecule has 0 atom stereocenters. The number of hydrogen-bond acceptors (Lipinski definition) is 12. The molecule has 0 spiro atoms. The highest BCUT2D eigenvalue weighted by Crippen LogP contribution is 2.38. The van der Waals surface area contributed by atoms with Crippen LogP contribution in [0.25, 0.3) is 0 Å². The molecule has 6 rings (SSSR count). The monoisotopic (exact) mass is 1220 g/mol. The van der Waals surface area contributed by atoms with Crippen LogP contribution in [0.15, 0.2) is 112 Å². The van der Waals surface area contributed by atoms with Gasteiger partial charge in [0.25, 0.3) is 20.0 Å². The summed E-state index contributed by atoms with van der Waals surface area (Å²) in [6.07, 6.45) is -6.22. The van der Waals surface area contributed by atoms with E-state index in [-0.39, 0.29) is 67.0 Å². The van der Waals surface area contributed by atoms with E-state index >= 15 is 0 Å². The van der Waals surface area contributed by atoms with Crippen LogP contribution in [0.1, 0.15) is 76.5 Å². The molecule has 5 N–H and O–H groups in total. The average Bonchev–Trinajstić information content (AvgIpc) is 3.29. The van der Waals surface area contributed by atoms with Gasteiger partial charge >= 0.3 is 12.4 Å². The summed E-state index contributed by atoms with van der Waals surface area (Å²) in [6, 6.07) is 14.7. The van der Waals surface area contributed by atoms with Crippen LogP contribution in [-0.4, -0.2) is 62.4 Å². The minimum atomic E-state index is -4.91. The molecular formula is C47H37Cl6F6N7O8S2. The minimum Gasteiger partial charge on any atom is -0.399 e. The Morgan fingerprint density at radius 3 is 1.41 bits per heavy atom. The predicted molar refractivity (Wildman–Crippen MR) is 277 cm³/mol. The molecule has 0 unspecified atom stereocenters. The highest BCUT2D eigenvalue weighted by Gasteiger charge is 2.36. The Labute approximate surface area is 460 Å². The van der Waals surface area contributed by atoms with Crippen LogP contribution in [0, 0.1) is 0 Å². The van der Waals surface area contributed by atoms with Crippen molar-refractivity contribution in [2.45, 2.75) is 68.3 Å². The van der Waals surface area contributed by atoms with E-state index in [2.05, 4.69) is 25.0 Å². The van der Waals surface area contributed by atoms with Crippen LogP contribution in [-0.2, 0) is 48.4 Å². The van der Waals surface area contributed by atoms with Gasteiger partial charge < -0.3 is 11.1 Å². The molecule has 0 fully saturated rings. The van der Waals surface area contributed by atoms with E-state index in [0.717, 1.165) is 48.8 Å². The molecule has 29 heteroatoms. The van der Waals surface area contributed by atoms with E-state index < -0.39 is 92.0 Å². The van der Waals surface area contributed by atoms with Crippen molar-refractivity contribution < 1.29 is 62.4 Å². The molecule has 15 nitrogen and oxygen atoms in total. The van der Waals surface area contributed by atoms with Gasteiger partial charge in [0.1, 0.15) is 11.4 Å². The van der Waals surface area contributed by atoms with Gasteiger partial charge in [-0.2, -0.15) is 26.3 Å². The number of isocyanates is 1. The number of carbonyl (C=O) groups excluding carboxylic acids is 4. The molecule has 0 radical (unpaired) electrons. The lowest BCUT2D eigenvalue weighted by Gasteiger charge is -2.15. The van der Waals surface area contributed by atoms with Gasteiger partial charge in [0, 0.05) is 35.2 Å². The van der Waals surface area contributed by atoms with Crippen LogP contribution in [0.3, 0.4) is 0 Å². The fourth-order valence-corrected chi connectivity index (χ4v) is 9.41. The number of nitrogens with one attached hydrogen (secondary N) is 3. The second-order valence-electron chi connectivity index (χ2n) is 16.0. The van der Waals surface area contributed by atoms with E-state index in [1.165, 1.54) is 36.4 Å². The van der Waals surface area contributed by atoms with Gasteiger partial charge in [0.2, 0.25) is 23.6 Å². The summed E-state index contributed by atoms with van der Waals surface area (Å²) in [5.74, 6) is -1.90. The lowest BCUT2D eigenvalue weighted by atomic mass is 10.0. The zero-order valence-corrected chi connectivity index (χ0v) is 45.3. The number of aliphatic imine (C=N–C) groups is 1. The summed E-state index contributed by atoms with van der Waals surface area (Å²) in [5, 5.41) is 1.30. The molecule has 0 aliphatic heterocycles. The number of alkyl halides is 6. The van der Waals surface area contributed by atoms with Crippen LogP contribution >= 0.6 is 69.6 Å². The van der Waals surface area contributed by atoms with Crippen molar-refractivity contribution in [3.63, 3.8) is 0 Å². The Balaban J connectivity index is 0.000000300. The van der Waals surface area contributed by atoms with Crippen molar-refractivity contribution in [1.29, 1.82) is 0 Å². The Morgan fingerprint density at radius 1 is 0.618 bits per heavy atom. The molecule has 76 heavy (non-hydrogen) atoms. The number of halogens is 12. The molecule has 4 aromatic carbocycles. The molecule has 2 heterocycles. The summed E-state index contributed by atoms with van der Waals surface area (Å²) in [7, 11) is -9.26. The number of nitrogens with zero attached hydrogens (tertiary/aromatic N) is 3. The normalized spacial score (nSPS) is 11.6. The van der Waals surface area contributed by atoms with Crippen LogP contribution in [0.2, 0.25) is 30.1 Å². The number of sulfonamides is 2. The third-order valence-corrected chi connectivity index (χ3v) is 13.8. The second-order valence-corrected chi connectivity index (χ2v) is 21.9. The highest BCUT2D eigenvalue weighted by atomic mass is 35.5. The molecule has 6 aromatic rings. The quantitative estimate of drug-likeness (QED) is 0.0263. The van der Waals surface area contributed by atoms with Crippen molar-refractivity contribution in [1.82, 2.24) is 15.3 Å². The minimum absolute atomic E-state index is 0.00101. The number of hydrogen-bond donors (Lipinski definition) is 4. The summed E-state index contributed by atoms with van der Waals surface area (Å²) in [4.78, 5) is 57.4. The first-order valence-corrected chi connectivity index (χ1v) is 26.3. The molecule has 0 bridgehead atoms. The predicted octanol–water partition coefficient (Wildman–Crippen LogP) is 12.6. The number of nitrogens with two attached hydrogens (primary N) is 1. The topological polar surface area (TPSA) is 237 Å². The maximum Gasteiger partial charge on any atom is 0.417 e. The van der Waals surface area contributed by atoms with Crippen LogP contribution in [0.4, 0.5) is 43.4 Å². The van der Waals surface area contributed by atoms with Gasteiger partial charge in [-0.15, -0.1) is 0 Å². The smallest absolute Gasteiger partial charge is 0.399 e. The van der Waals surface area contributed by atoms with Crippen molar-refractivity contribution in [3.8, 4) is 0 Å². The number of benzene rings is 4. The standard InChI is InChI=1S/C24H19Cl3F3N3O4S.C19H11Cl3F3N3O3S.C4H7NO/c1-12(2)32-21(34)8-13-3-5-18(26)16(7-13)23(35)22-20(9-14(25)11-31-22)33-38(36,37)15-4-6-19(27)17(10-15)24(28,29)30;20-9-5-16(17(27-8-9)18(29)12-6-10(26)1-3-14(12)21)28-32(30,31)11-2-4-15(22)13(7-11)19(23,24)25;1-4(2)5-3-6/h3-7,9-12,33H,8H2,1-2H3,(H,32,34);1-8,28H,26H2;4H,1-2H3. The zero-order chi connectivity index (χ0) is 57.2. The number of pyridine rings is 2. The van der Waals surface area contributed by atoms with Gasteiger partial charge in [-0.05, 0) is 112 Å². The number of ketones is 2. The molecule has 0 saturated heterocycles. The Hall–Kier alpha value is -6.01. The number of rotatable bonds is 14. The Morgan fingerprint density at radius 2 is 1.03 bits per heavy atom. The van der Waals surface area contributed by atoms with Gasteiger partial charge in [-0.1, -0.05) is 75.7 Å². The van der Waals surface area contributed by atoms with E-state index in [1.54, 1.807) is 19.9 Å². The zero-order valence-electron chi connectivity index (χ0n) is 39.1. The molecule has 1 amide bonds. The largest absolute Gasteiger partial charge is 0.417 e. The van der Waals surface area contributed by atoms with E-state index in [0.29, 0.717) is 17.7 Å². The van der Waals surface area contributed by atoms with Gasteiger partial charge in [0.05, 0.1) is 74.9 Å². The number of amides is 1. The fourth-order valence-electron chi connectivity index (χ4n) is 6.07. The van der Waals surface area contributed by atoms with Crippen molar-refractivity contribution in [2.24, 2.45) is 4.99 Å². The Bertz CT molecular complexity index is 3480. The van der Waals surface area contributed by atoms with Crippen LogP contribution < -0.4 is 20.5 Å². The summed E-state index contributed by atoms with van der Waals surface area (Å²) < 4.78 is 135. The third kappa shape index (κ3) is 17.3. The average molecular weight is 1220 g/mol. The Kier molecular flexibility index (Phi) is 21.3. The van der Waals surface area contributed by atoms with Gasteiger partial charge in [-0.25, -0.2) is 36.6 Å². The summed E-state index contributed by atoms with van der Waals surface area (Å²) in [6.45, 7) is 7.23. The highest BCUT2D eigenvalue weighted by molar-refractivity contribution is 7.93. The fraction of sp³-hybridized carbons (Fsp3) is 0.191.